The molecule has 2 unspecified atom stereocenters. The molecule has 1 aromatic heterocycles. The fraction of sp³-hybridized carbons (Fsp3) is 0.154. The highest BCUT2D eigenvalue weighted by Crippen LogP contribution is 2.40. The van der Waals surface area contributed by atoms with Gasteiger partial charge in [-0.25, -0.2) is 9.47 Å². The molecule has 5 rings (SSSR count). The van der Waals surface area contributed by atoms with Crippen LogP contribution >= 0.6 is 0 Å². The Labute approximate surface area is 193 Å². The molecule has 1 N–H and O–H groups in total. The molecule has 31 heavy (non-hydrogen) atoms. The third kappa shape index (κ3) is 3.99. The second-order valence-corrected chi connectivity index (χ2v) is 7.75. The van der Waals surface area contributed by atoms with E-state index in [0.29, 0.717) is 13.0 Å². The average molecular weight is 474 g/mol. The molecule has 5 heteroatoms. The average Bonchev–Trinajstić information content (AvgIpc) is 3.03. The number of benzene rings is 3. The van der Waals surface area contributed by atoms with Crippen LogP contribution in [-0.4, -0.2) is 15.8 Å². The summed E-state index contributed by atoms with van der Waals surface area (Å²) >= 11 is 0. The molecule has 1 aliphatic heterocycles. The second kappa shape index (κ2) is 9.00. The lowest BCUT2D eigenvalue weighted by Crippen LogP contribution is -3.00. The van der Waals surface area contributed by atoms with Crippen molar-refractivity contribution in [1.29, 1.82) is 0 Å². The number of halogens is 1. The number of rotatable bonds is 5. The van der Waals surface area contributed by atoms with E-state index in [0.717, 1.165) is 22.6 Å². The van der Waals surface area contributed by atoms with Crippen LogP contribution in [0, 0.1) is 0 Å². The van der Waals surface area contributed by atoms with Gasteiger partial charge in [-0.2, -0.15) is 0 Å². The number of aliphatic hydroxyl groups is 1. The van der Waals surface area contributed by atoms with Crippen LogP contribution in [0.1, 0.15) is 22.7 Å². The van der Waals surface area contributed by atoms with E-state index in [-0.39, 0.29) is 23.0 Å². The van der Waals surface area contributed by atoms with E-state index >= 15 is 0 Å². The van der Waals surface area contributed by atoms with Gasteiger partial charge >= 0.3 is 5.95 Å². The van der Waals surface area contributed by atoms with Gasteiger partial charge in [0.2, 0.25) is 5.72 Å². The molecular weight excluding hydrogens is 450 g/mol. The summed E-state index contributed by atoms with van der Waals surface area (Å²) in [6.45, 7) is 0.574. The zero-order chi connectivity index (χ0) is 20.4. The number of aromatic nitrogens is 2. The number of hydrogen-bond donors (Lipinski definition) is 1. The summed E-state index contributed by atoms with van der Waals surface area (Å²) < 4.78 is 2.10. The third-order valence-electron chi connectivity index (χ3n) is 5.78. The topological polar surface area (TPSA) is 40.2 Å². The van der Waals surface area contributed by atoms with Gasteiger partial charge < -0.3 is 22.1 Å². The molecule has 4 nitrogen and oxygen atoms in total. The van der Waals surface area contributed by atoms with Gasteiger partial charge in [0.25, 0.3) is 0 Å². The van der Waals surface area contributed by atoms with Gasteiger partial charge in [0.15, 0.2) is 6.04 Å². The molecule has 0 fully saturated rings. The van der Waals surface area contributed by atoms with Crippen LogP contribution in [0.5, 0.6) is 0 Å². The van der Waals surface area contributed by atoms with E-state index in [4.69, 9.17) is 0 Å². The van der Waals surface area contributed by atoms with Crippen molar-refractivity contribution in [3.63, 3.8) is 0 Å². The normalized spacial score (nSPS) is 19.5. The Morgan fingerprint density at radius 2 is 1.39 bits per heavy atom. The molecule has 0 saturated carbocycles. The van der Waals surface area contributed by atoms with Crippen molar-refractivity contribution in [3.8, 4) is 0 Å². The molecule has 0 amide bonds. The minimum atomic E-state index is -1.17. The molecule has 0 bridgehead atoms. The standard InChI is InChI=1S/C26H24N3O.BrH/c30-26(19-21-11-4-1-5-12-21)24(23-15-8-3-9-16-23)28-18-10-17-27-25(28)29(26)20-22-13-6-2-7-14-22;/h1-18,24,30H,19-20H2;1H/q+1;/p-1. The van der Waals surface area contributed by atoms with E-state index < -0.39 is 5.72 Å². The van der Waals surface area contributed by atoms with Crippen molar-refractivity contribution in [2.24, 2.45) is 0 Å². The number of anilines is 1. The summed E-state index contributed by atoms with van der Waals surface area (Å²) in [5.41, 5.74) is 2.12. The lowest BCUT2D eigenvalue weighted by Gasteiger charge is -2.33. The smallest absolute Gasteiger partial charge is 0.397 e. The Hall–Kier alpha value is -3.02. The number of fused-ring (bicyclic) bond motifs is 1. The summed E-state index contributed by atoms with van der Waals surface area (Å²) in [6.07, 6.45) is 4.30. The van der Waals surface area contributed by atoms with Crippen LogP contribution < -0.4 is 26.4 Å². The number of hydrogen-bond acceptors (Lipinski definition) is 3. The molecule has 0 saturated heterocycles. The molecule has 156 valence electrons. The van der Waals surface area contributed by atoms with Crippen molar-refractivity contribution in [1.82, 2.24) is 4.98 Å². The van der Waals surface area contributed by atoms with Crippen LogP contribution in [-0.2, 0) is 13.0 Å². The van der Waals surface area contributed by atoms with Crippen molar-refractivity contribution in [2.45, 2.75) is 24.7 Å². The number of nitrogens with zero attached hydrogens (tertiary/aromatic N) is 3. The lowest BCUT2D eigenvalue weighted by molar-refractivity contribution is -0.702. The first-order valence-corrected chi connectivity index (χ1v) is 10.2. The van der Waals surface area contributed by atoms with Gasteiger partial charge in [-0.3, -0.25) is 0 Å². The summed E-state index contributed by atoms with van der Waals surface area (Å²) in [7, 11) is 0. The SMILES string of the molecule is OC1(Cc2ccccc2)C(c2ccccc2)[n+]2cccnc2N1Cc1ccccc1.[Br-]. The third-order valence-corrected chi connectivity index (χ3v) is 5.78. The summed E-state index contributed by atoms with van der Waals surface area (Å²) in [4.78, 5) is 6.73. The van der Waals surface area contributed by atoms with Crippen LogP contribution in [0.15, 0.2) is 109 Å². The van der Waals surface area contributed by atoms with Gasteiger partial charge in [-0.05, 0) is 16.7 Å². The zero-order valence-electron chi connectivity index (χ0n) is 17.1. The Bertz CT molecular complexity index is 1120. The van der Waals surface area contributed by atoms with Crippen LogP contribution in [0.3, 0.4) is 0 Å². The first kappa shape index (κ1) is 21.2. The van der Waals surface area contributed by atoms with Crippen LogP contribution in [0.4, 0.5) is 5.95 Å². The summed E-state index contributed by atoms with van der Waals surface area (Å²) in [5, 5.41) is 12.4. The van der Waals surface area contributed by atoms with Gasteiger partial charge in [0.05, 0.1) is 12.7 Å². The van der Waals surface area contributed by atoms with Gasteiger partial charge in [-0.15, -0.1) is 0 Å². The lowest BCUT2D eigenvalue weighted by atomic mass is 9.89. The predicted octanol–water partition coefficient (Wildman–Crippen LogP) is 0.914. The van der Waals surface area contributed by atoms with Crippen LogP contribution in [0.2, 0.25) is 0 Å². The van der Waals surface area contributed by atoms with E-state index in [1.807, 2.05) is 71.8 Å². The maximum Gasteiger partial charge on any atom is 0.397 e. The minimum absolute atomic E-state index is 0. The van der Waals surface area contributed by atoms with Crippen molar-refractivity contribution >= 4 is 5.95 Å². The Morgan fingerprint density at radius 3 is 2.03 bits per heavy atom. The largest absolute Gasteiger partial charge is 1.00 e. The molecule has 1 aliphatic rings. The first-order valence-electron chi connectivity index (χ1n) is 10.2. The minimum Gasteiger partial charge on any atom is -1.00 e. The highest BCUT2D eigenvalue weighted by molar-refractivity contribution is 5.40. The molecular formula is C26H24BrN3O. The van der Waals surface area contributed by atoms with Crippen LogP contribution in [0.25, 0.3) is 0 Å². The van der Waals surface area contributed by atoms with Crippen molar-refractivity contribution < 1.29 is 26.7 Å². The Balaban J connectivity index is 0.00000231. The molecule has 3 aromatic carbocycles. The monoisotopic (exact) mass is 473 g/mol. The second-order valence-electron chi connectivity index (χ2n) is 7.75. The van der Waals surface area contributed by atoms with Gasteiger partial charge in [0.1, 0.15) is 6.20 Å². The fourth-order valence-corrected chi connectivity index (χ4v) is 4.45. The highest BCUT2D eigenvalue weighted by atomic mass is 79.9. The molecule has 0 aliphatic carbocycles. The quantitative estimate of drug-likeness (QED) is 0.438. The molecule has 2 atom stereocenters. The summed E-state index contributed by atoms with van der Waals surface area (Å²) in [5.74, 6) is 0.772. The van der Waals surface area contributed by atoms with Crippen molar-refractivity contribution in [2.75, 3.05) is 4.90 Å². The highest BCUT2D eigenvalue weighted by Gasteiger charge is 2.58. The van der Waals surface area contributed by atoms with Crippen molar-refractivity contribution in [3.05, 3.63) is 126 Å². The van der Waals surface area contributed by atoms with Gasteiger partial charge in [-0.1, -0.05) is 96.0 Å². The Kier molecular flexibility index (Phi) is 6.16. The molecule has 4 aromatic rings. The molecule has 2 heterocycles. The predicted molar refractivity (Wildman–Crippen MR) is 117 cm³/mol. The molecule has 0 spiro atoms. The summed E-state index contributed by atoms with van der Waals surface area (Å²) in [6, 6.07) is 32.3. The maximum atomic E-state index is 12.4. The first-order chi connectivity index (χ1) is 14.8. The van der Waals surface area contributed by atoms with E-state index in [1.54, 1.807) is 6.20 Å². The van der Waals surface area contributed by atoms with E-state index in [1.165, 1.54) is 0 Å². The van der Waals surface area contributed by atoms with E-state index in [9.17, 15) is 5.11 Å². The zero-order valence-corrected chi connectivity index (χ0v) is 18.6. The van der Waals surface area contributed by atoms with Gasteiger partial charge in [0, 0.05) is 12.5 Å². The Morgan fingerprint density at radius 1 is 0.806 bits per heavy atom. The van der Waals surface area contributed by atoms with E-state index in [2.05, 4.69) is 45.9 Å². The molecule has 0 radical (unpaired) electrons. The fourth-order valence-electron chi connectivity index (χ4n) is 4.45. The maximum absolute atomic E-state index is 12.4.